The molecule has 114 valence electrons. The second kappa shape index (κ2) is 7.64. The van der Waals surface area contributed by atoms with Crippen LogP contribution in [0.3, 0.4) is 0 Å². The van der Waals surface area contributed by atoms with Crippen LogP contribution in [0.1, 0.15) is 26.0 Å². The topological polar surface area (TPSA) is 37.4 Å². The van der Waals surface area contributed by atoms with Crippen molar-refractivity contribution >= 4 is 28.2 Å². The van der Waals surface area contributed by atoms with Crippen LogP contribution < -0.4 is 10.2 Å². The monoisotopic (exact) mass is 315 g/mol. The molecule has 1 aromatic heterocycles. The molecule has 2 heterocycles. The first-order valence-corrected chi connectivity index (χ1v) is 9.00. The van der Waals surface area contributed by atoms with Crippen molar-refractivity contribution < 1.29 is 4.74 Å². The summed E-state index contributed by atoms with van der Waals surface area (Å²) in [4.78, 5) is 7.19. The number of hydrogen-bond acceptors (Lipinski definition) is 6. The predicted molar refractivity (Wildman–Crippen MR) is 89.1 cm³/mol. The summed E-state index contributed by atoms with van der Waals surface area (Å²) in [6.45, 7) is 9.35. The van der Waals surface area contributed by atoms with E-state index in [1.165, 1.54) is 17.3 Å². The molecule has 0 saturated carbocycles. The van der Waals surface area contributed by atoms with Crippen LogP contribution in [-0.2, 0) is 11.3 Å². The van der Waals surface area contributed by atoms with Crippen molar-refractivity contribution in [2.45, 2.75) is 31.6 Å². The molecule has 1 aliphatic heterocycles. The summed E-state index contributed by atoms with van der Waals surface area (Å²) in [5.74, 6) is 1.19. The highest BCUT2D eigenvalue weighted by Gasteiger charge is 2.24. The molecular weight excluding hydrogens is 290 g/mol. The molecule has 2 rings (SSSR count). The van der Waals surface area contributed by atoms with Crippen molar-refractivity contribution in [1.29, 1.82) is 0 Å². The van der Waals surface area contributed by atoms with Gasteiger partial charge < -0.3 is 15.0 Å². The van der Waals surface area contributed by atoms with Gasteiger partial charge in [0, 0.05) is 49.2 Å². The maximum absolute atomic E-state index is 5.02. The number of nitrogens with one attached hydrogen (secondary N) is 1. The molecule has 1 N–H and O–H groups in total. The van der Waals surface area contributed by atoms with Gasteiger partial charge in [-0.2, -0.15) is 11.8 Å². The molecule has 0 unspecified atom stereocenters. The molecule has 0 atom stereocenters. The van der Waals surface area contributed by atoms with Crippen molar-refractivity contribution in [3.8, 4) is 0 Å². The fourth-order valence-electron chi connectivity index (χ4n) is 2.13. The minimum absolute atomic E-state index is 0.399. The van der Waals surface area contributed by atoms with Crippen LogP contribution in [0.15, 0.2) is 5.38 Å². The van der Waals surface area contributed by atoms with Crippen LogP contribution in [0, 0.1) is 0 Å². The number of anilines is 1. The first kappa shape index (κ1) is 16.1. The molecule has 20 heavy (non-hydrogen) atoms. The first-order valence-electron chi connectivity index (χ1n) is 7.14. The third kappa shape index (κ3) is 4.91. The molecule has 0 amide bonds. The Bertz CT molecular complexity index is 409. The lowest BCUT2D eigenvalue weighted by Crippen LogP contribution is -2.27. The van der Waals surface area contributed by atoms with E-state index in [4.69, 9.17) is 9.72 Å². The Balaban J connectivity index is 1.85. The number of aromatic nitrogens is 1. The number of nitrogens with zero attached hydrogens (tertiary/aromatic N) is 2. The lowest BCUT2D eigenvalue weighted by atomic mass is 10.1. The van der Waals surface area contributed by atoms with Crippen LogP contribution in [0.4, 0.5) is 5.13 Å². The van der Waals surface area contributed by atoms with Crippen LogP contribution in [0.2, 0.25) is 0 Å². The maximum Gasteiger partial charge on any atom is 0.185 e. The summed E-state index contributed by atoms with van der Waals surface area (Å²) in [6.07, 6.45) is 1.22. The van der Waals surface area contributed by atoms with Gasteiger partial charge in [0.1, 0.15) is 0 Å². The number of methoxy groups -OCH3 is 1. The number of hydrogen-bond donors (Lipinski definition) is 1. The van der Waals surface area contributed by atoms with Gasteiger partial charge in [0.25, 0.3) is 0 Å². The number of thiazole rings is 1. The fraction of sp³-hybridized carbons (Fsp3) is 0.786. The Morgan fingerprint density at radius 1 is 1.45 bits per heavy atom. The summed E-state index contributed by atoms with van der Waals surface area (Å²) in [7, 11) is 1.72. The summed E-state index contributed by atoms with van der Waals surface area (Å²) in [6, 6.07) is 0. The molecule has 6 heteroatoms. The predicted octanol–water partition coefficient (Wildman–Crippen LogP) is 2.60. The summed E-state index contributed by atoms with van der Waals surface area (Å²) in [5, 5.41) is 6.68. The normalized spacial score (nSPS) is 19.1. The Labute approximate surface area is 130 Å². The number of thioether (sulfide) groups is 1. The third-order valence-electron chi connectivity index (χ3n) is 3.44. The molecule has 1 aliphatic rings. The van der Waals surface area contributed by atoms with Crippen molar-refractivity contribution in [1.82, 2.24) is 10.3 Å². The van der Waals surface area contributed by atoms with Crippen molar-refractivity contribution in [3.63, 3.8) is 0 Å². The van der Waals surface area contributed by atoms with Gasteiger partial charge in [0.15, 0.2) is 5.13 Å². The number of ether oxygens (including phenoxy) is 1. The molecule has 0 aromatic carbocycles. The molecule has 4 nitrogen and oxygen atoms in total. The van der Waals surface area contributed by atoms with Gasteiger partial charge in [0.05, 0.1) is 12.3 Å². The molecule has 0 aliphatic carbocycles. The van der Waals surface area contributed by atoms with Crippen LogP contribution in [-0.4, -0.2) is 48.8 Å². The zero-order chi connectivity index (χ0) is 14.4. The van der Waals surface area contributed by atoms with Gasteiger partial charge in [-0.05, 0) is 6.42 Å². The Kier molecular flexibility index (Phi) is 6.14. The quantitative estimate of drug-likeness (QED) is 0.817. The summed E-state index contributed by atoms with van der Waals surface area (Å²) >= 11 is 3.84. The zero-order valence-electron chi connectivity index (χ0n) is 12.6. The highest BCUT2D eigenvalue weighted by atomic mass is 32.2. The SMILES string of the molecule is COCCNCc1csc(N2CCSC(C)(C)CC2)n1. The minimum Gasteiger partial charge on any atom is -0.383 e. The molecule has 0 radical (unpaired) electrons. The fourth-order valence-corrected chi connectivity index (χ4v) is 4.10. The molecule has 0 bridgehead atoms. The van der Waals surface area contributed by atoms with E-state index in [9.17, 15) is 0 Å². The highest BCUT2D eigenvalue weighted by Crippen LogP contribution is 2.33. The maximum atomic E-state index is 5.02. The lowest BCUT2D eigenvalue weighted by Gasteiger charge is -2.22. The second-order valence-electron chi connectivity index (χ2n) is 5.64. The van der Waals surface area contributed by atoms with E-state index < -0.39 is 0 Å². The second-order valence-corrected chi connectivity index (χ2v) is 8.27. The molecular formula is C14H25N3OS2. The molecule has 1 fully saturated rings. The van der Waals surface area contributed by atoms with Gasteiger partial charge in [-0.1, -0.05) is 13.8 Å². The van der Waals surface area contributed by atoms with E-state index >= 15 is 0 Å². The van der Waals surface area contributed by atoms with E-state index in [2.05, 4.69) is 41.2 Å². The standard InChI is InChI=1S/C14H25N3OS2/c1-14(2)4-6-17(7-9-20-14)13-16-12(11-19-13)10-15-5-8-18-3/h11,15H,4-10H2,1-3H3. The third-order valence-corrected chi connectivity index (χ3v) is 5.76. The summed E-state index contributed by atoms with van der Waals surface area (Å²) in [5.41, 5.74) is 1.14. The van der Waals surface area contributed by atoms with E-state index in [1.807, 2.05) is 0 Å². The zero-order valence-corrected chi connectivity index (χ0v) is 14.3. The van der Waals surface area contributed by atoms with Crippen molar-refractivity contribution in [2.24, 2.45) is 0 Å². The van der Waals surface area contributed by atoms with E-state index in [0.29, 0.717) is 4.75 Å². The van der Waals surface area contributed by atoms with E-state index in [-0.39, 0.29) is 0 Å². The van der Waals surface area contributed by atoms with Gasteiger partial charge >= 0.3 is 0 Å². The Morgan fingerprint density at radius 2 is 2.30 bits per heavy atom. The number of rotatable bonds is 6. The molecule has 1 aromatic rings. The highest BCUT2D eigenvalue weighted by molar-refractivity contribution is 8.00. The van der Waals surface area contributed by atoms with E-state index in [0.717, 1.165) is 38.5 Å². The lowest BCUT2D eigenvalue weighted by molar-refractivity contribution is 0.199. The average Bonchev–Trinajstić information content (AvgIpc) is 2.79. The first-order chi connectivity index (χ1) is 9.61. The summed E-state index contributed by atoms with van der Waals surface area (Å²) < 4.78 is 5.42. The van der Waals surface area contributed by atoms with Crippen LogP contribution in [0.25, 0.3) is 0 Å². The molecule has 1 saturated heterocycles. The van der Waals surface area contributed by atoms with Gasteiger partial charge in [0.2, 0.25) is 0 Å². The van der Waals surface area contributed by atoms with Gasteiger partial charge in [-0.3, -0.25) is 0 Å². The molecule has 0 spiro atoms. The van der Waals surface area contributed by atoms with E-state index in [1.54, 1.807) is 18.4 Å². The van der Waals surface area contributed by atoms with Crippen molar-refractivity contribution in [3.05, 3.63) is 11.1 Å². The Hall–Kier alpha value is -0.300. The van der Waals surface area contributed by atoms with Gasteiger partial charge in [-0.25, -0.2) is 4.98 Å². The van der Waals surface area contributed by atoms with Crippen molar-refractivity contribution in [2.75, 3.05) is 44.0 Å². The largest absolute Gasteiger partial charge is 0.383 e. The van der Waals surface area contributed by atoms with Gasteiger partial charge in [-0.15, -0.1) is 11.3 Å². The van der Waals surface area contributed by atoms with Crippen LogP contribution in [0.5, 0.6) is 0 Å². The average molecular weight is 316 g/mol. The smallest absolute Gasteiger partial charge is 0.185 e. The Morgan fingerprint density at radius 3 is 3.10 bits per heavy atom. The van der Waals surface area contributed by atoms with Crippen LogP contribution >= 0.6 is 23.1 Å². The minimum atomic E-state index is 0.399.